The molecule has 1 amide bonds. The number of aryl methyl sites for hydroxylation is 2. The van der Waals surface area contributed by atoms with Crippen LogP contribution in [-0.2, 0) is 24.2 Å². The summed E-state index contributed by atoms with van der Waals surface area (Å²) >= 11 is 1.60. The van der Waals surface area contributed by atoms with E-state index < -0.39 is 6.10 Å². The minimum absolute atomic E-state index is 0.367. The topological polar surface area (TPSA) is 62.2 Å². The normalized spacial score (nSPS) is 12.1. The van der Waals surface area contributed by atoms with Gasteiger partial charge in [-0.25, -0.2) is 4.98 Å². The lowest BCUT2D eigenvalue weighted by Gasteiger charge is -2.04. The third kappa shape index (κ3) is 4.43. The number of carbonyl (C=O) groups is 1. The number of aromatic nitrogens is 1. The Morgan fingerprint density at radius 3 is 2.80 bits per heavy atom. The van der Waals surface area contributed by atoms with Crippen LogP contribution in [0, 0.1) is 0 Å². The number of hydrogen-bond donors (Lipinski definition) is 2. The van der Waals surface area contributed by atoms with Crippen LogP contribution in [0.15, 0.2) is 35.7 Å². The number of amides is 1. The van der Waals surface area contributed by atoms with Gasteiger partial charge >= 0.3 is 0 Å². The standard InChI is InChI=1S/C15H18N2O2S/c1-11(18)15(19)16-9-13-10-20-14(17-13)8-7-12-5-3-2-4-6-12/h2-6,10-11,18H,7-9H2,1H3,(H,16,19). The number of nitrogens with zero attached hydrogens (tertiary/aromatic N) is 1. The van der Waals surface area contributed by atoms with Gasteiger partial charge < -0.3 is 10.4 Å². The molecule has 0 aliphatic carbocycles. The Balaban J connectivity index is 1.82. The van der Waals surface area contributed by atoms with Crippen molar-refractivity contribution < 1.29 is 9.90 Å². The van der Waals surface area contributed by atoms with E-state index in [0.717, 1.165) is 23.5 Å². The Labute approximate surface area is 122 Å². The molecule has 2 rings (SSSR count). The predicted octanol–water partition coefficient (Wildman–Crippen LogP) is 1.93. The molecule has 1 aromatic heterocycles. The van der Waals surface area contributed by atoms with Crippen LogP contribution in [0.5, 0.6) is 0 Å². The van der Waals surface area contributed by atoms with Crippen molar-refractivity contribution >= 4 is 17.2 Å². The van der Waals surface area contributed by atoms with Crippen molar-refractivity contribution in [1.29, 1.82) is 0 Å². The molecule has 1 heterocycles. The smallest absolute Gasteiger partial charge is 0.248 e. The van der Waals surface area contributed by atoms with E-state index in [9.17, 15) is 4.79 Å². The van der Waals surface area contributed by atoms with Crippen LogP contribution >= 0.6 is 11.3 Å². The van der Waals surface area contributed by atoms with Crippen molar-refractivity contribution in [1.82, 2.24) is 10.3 Å². The second-order valence-electron chi connectivity index (χ2n) is 4.61. The number of hydrogen-bond acceptors (Lipinski definition) is 4. The minimum atomic E-state index is -0.980. The molecule has 2 aromatic rings. The molecule has 0 saturated heterocycles. The average Bonchev–Trinajstić information content (AvgIpc) is 2.91. The SMILES string of the molecule is CC(O)C(=O)NCc1csc(CCc2ccccc2)n1. The summed E-state index contributed by atoms with van der Waals surface area (Å²) in [6.45, 7) is 1.81. The highest BCUT2D eigenvalue weighted by atomic mass is 32.1. The molecule has 0 aliphatic rings. The molecule has 20 heavy (non-hydrogen) atoms. The van der Waals surface area contributed by atoms with E-state index in [1.54, 1.807) is 11.3 Å². The fourth-order valence-electron chi connectivity index (χ4n) is 1.77. The second kappa shape index (κ2) is 7.17. The molecule has 0 spiro atoms. The van der Waals surface area contributed by atoms with Gasteiger partial charge in [0.1, 0.15) is 6.10 Å². The fraction of sp³-hybridized carbons (Fsp3) is 0.333. The molecule has 106 valence electrons. The van der Waals surface area contributed by atoms with Crippen molar-refractivity contribution in [3.05, 3.63) is 52.0 Å². The molecule has 0 bridgehead atoms. The van der Waals surface area contributed by atoms with Gasteiger partial charge in [-0.2, -0.15) is 0 Å². The lowest BCUT2D eigenvalue weighted by atomic mass is 10.1. The Kier molecular flexibility index (Phi) is 5.26. The van der Waals surface area contributed by atoms with E-state index in [1.807, 2.05) is 23.6 Å². The first kappa shape index (κ1) is 14.7. The van der Waals surface area contributed by atoms with Gasteiger partial charge in [0.2, 0.25) is 5.91 Å². The zero-order chi connectivity index (χ0) is 14.4. The van der Waals surface area contributed by atoms with Crippen LogP contribution in [0.2, 0.25) is 0 Å². The van der Waals surface area contributed by atoms with Gasteiger partial charge in [-0.15, -0.1) is 11.3 Å². The number of carbonyl (C=O) groups excluding carboxylic acids is 1. The van der Waals surface area contributed by atoms with Gasteiger partial charge in [-0.3, -0.25) is 4.79 Å². The van der Waals surface area contributed by atoms with E-state index in [-0.39, 0.29) is 5.91 Å². The number of aliphatic hydroxyl groups excluding tert-OH is 1. The van der Waals surface area contributed by atoms with Gasteiger partial charge in [0.05, 0.1) is 17.2 Å². The summed E-state index contributed by atoms with van der Waals surface area (Å²) in [5.74, 6) is -0.371. The monoisotopic (exact) mass is 290 g/mol. The first-order valence-corrected chi connectivity index (χ1v) is 7.46. The Bertz CT molecular complexity index is 552. The fourth-order valence-corrected chi connectivity index (χ4v) is 2.56. The van der Waals surface area contributed by atoms with E-state index in [1.165, 1.54) is 12.5 Å². The van der Waals surface area contributed by atoms with Crippen molar-refractivity contribution in [2.75, 3.05) is 0 Å². The summed E-state index contributed by atoms with van der Waals surface area (Å²) in [5.41, 5.74) is 2.14. The molecule has 0 fully saturated rings. The lowest BCUT2D eigenvalue weighted by Crippen LogP contribution is -2.32. The zero-order valence-electron chi connectivity index (χ0n) is 11.4. The Morgan fingerprint density at radius 1 is 1.35 bits per heavy atom. The second-order valence-corrected chi connectivity index (χ2v) is 5.55. The molecule has 1 unspecified atom stereocenters. The summed E-state index contributed by atoms with van der Waals surface area (Å²) in [4.78, 5) is 15.7. The van der Waals surface area contributed by atoms with Crippen molar-refractivity contribution in [2.24, 2.45) is 0 Å². The molecule has 4 nitrogen and oxygen atoms in total. The molecule has 0 saturated carbocycles. The highest BCUT2D eigenvalue weighted by Gasteiger charge is 2.09. The molecule has 1 aromatic carbocycles. The quantitative estimate of drug-likeness (QED) is 0.854. The summed E-state index contributed by atoms with van der Waals surface area (Å²) in [5, 5.41) is 14.7. The van der Waals surface area contributed by atoms with Crippen LogP contribution in [0.1, 0.15) is 23.2 Å². The number of aliphatic hydroxyl groups is 1. The van der Waals surface area contributed by atoms with Gasteiger partial charge in [0.15, 0.2) is 0 Å². The summed E-state index contributed by atoms with van der Waals surface area (Å²) < 4.78 is 0. The van der Waals surface area contributed by atoms with Crippen LogP contribution in [0.3, 0.4) is 0 Å². The largest absolute Gasteiger partial charge is 0.384 e. The van der Waals surface area contributed by atoms with Gasteiger partial charge in [-0.05, 0) is 18.9 Å². The lowest BCUT2D eigenvalue weighted by molar-refractivity contribution is -0.128. The maximum absolute atomic E-state index is 11.2. The molecule has 0 aliphatic heterocycles. The maximum atomic E-state index is 11.2. The number of thiazole rings is 1. The maximum Gasteiger partial charge on any atom is 0.248 e. The molecular weight excluding hydrogens is 272 g/mol. The van der Waals surface area contributed by atoms with Crippen LogP contribution in [0.25, 0.3) is 0 Å². The molecule has 0 radical (unpaired) electrons. The Hall–Kier alpha value is -1.72. The molecule has 1 atom stereocenters. The summed E-state index contributed by atoms with van der Waals surface area (Å²) in [6, 6.07) is 10.3. The average molecular weight is 290 g/mol. The number of nitrogens with one attached hydrogen (secondary N) is 1. The Morgan fingerprint density at radius 2 is 2.10 bits per heavy atom. The zero-order valence-corrected chi connectivity index (χ0v) is 12.2. The van der Waals surface area contributed by atoms with E-state index in [2.05, 4.69) is 22.4 Å². The van der Waals surface area contributed by atoms with Crippen LogP contribution in [-0.4, -0.2) is 22.1 Å². The van der Waals surface area contributed by atoms with Gasteiger partial charge in [-0.1, -0.05) is 30.3 Å². The third-order valence-corrected chi connectivity index (χ3v) is 3.85. The summed E-state index contributed by atoms with van der Waals surface area (Å²) in [7, 11) is 0. The predicted molar refractivity (Wildman–Crippen MR) is 79.5 cm³/mol. The van der Waals surface area contributed by atoms with Crippen LogP contribution in [0.4, 0.5) is 0 Å². The number of rotatable bonds is 6. The highest BCUT2D eigenvalue weighted by Crippen LogP contribution is 2.13. The third-order valence-electron chi connectivity index (χ3n) is 2.89. The number of benzene rings is 1. The van der Waals surface area contributed by atoms with Crippen molar-refractivity contribution in [3.63, 3.8) is 0 Å². The molecular formula is C15H18N2O2S. The molecule has 2 N–H and O–H groups in total. The van der Waals surface area contributed by atoms with Gasteiger partial charge in [0, 0.05) is 11.8 Å². The highest BCUT2D eigenvalue weighted by molar-refractivity contribution is 7.09. The van der Waals surface area contributed by atoms with Crippen molar-refractivity contribution in [2.45, 2.75) is 32.4 Å². The first-order valence-electron chi connectivity index (χ1n) is 6.58. The minimum Gasteiger partial charge on any atom is -0.384 e. The van der Waals surface area contributed by atoms with E-state index in [4.69, 9.17) is 5.11 Å². The van der Waals surface area contributed by atoms with Crippen LogP contribution < -0.4 is 5.32 Å². The van der Waals surface area contributed by atoms with E-state index >= 15 is 0 Å². The summed E-state index contributed by atoms with van der Waals surface area (Å²) in [6.07, 6.45) is 0.888. The molecule has 5 heteroatoms. The van der Waals surface area contributed by atoms with E-state index in [0.29, 0.717) is 6.54 Å². The first-order chi connectivity index (χ1) is 9.65. The van der Waals surface area contributed by atoms with Crippen molar-refractivity contribution in [3.8, 4) is 0 Å². The van der Waals surface area contributed by atoms with Gasteiger partial charge in [0.25, 0.3) is 0 Å².